The second kappa shape index (κ2) is 4.14. The van der Waals surface area contributed by atoms with Gasteiger partial charge in [-0.1, -0.05) is 24.3 Å². The Labute approximate surface area is 125 Å². The molecule has 1 aliphatic heterocycles. The van der Waals surface area contributed by atoms with Crippen LogP contribution in [0.4, 0.5) is 9.80 Å². The van der Waals surface area contributed by atoms with E-state index in [0.29, 0.717) is 11.4 Å². The van der Waals surface area contributed by atoms with E-state index in [4.69, 9.17) is 0 Å². The highest BCUT2D eigenvalue weighted by Gasteiger charge is 2.56. The first-order chi connectivity index (χ1) is 10.1. The van der Waals surface area contributed by atoms with Gasteiger partial charge in [-0.25, -0.2) is 9.69 Å². The molecule has 1 saturated heterocycles. The van der Waals surface area contributed by atoms with E-state index in [1.165, 1.54) is 16.4 Å². The standard InChI is InChI=1S/C15H13N3O2S/c1-9-8-12(21-17-9)18-13(19)15(16-14(18)20)7-6-10-4-2-3-5-11(10)15/h2-5,8H,6-7H2,1H3,(H,16,20). The minimum Gasteiger partial charge on any atom is -0.319 e. The number of nitrogens with zero attached hydrogens (tertiary/aromatic N) is 2. The Hall–Kier alpha value is -2.21. The van der Waals surface area contributed by atoms with Crippen molar-refractivity contribution < 1.29 is 9.59 Å². The van der Waals surface area contributed by atoms with Gasteiger partial charge in [0.2, 0.25) is 0 Å². The molecule has 1 atom stereocenters. The van der Waals surface area contributed by atoms with Gasteiger partial charge in [0.1, 0.15) is 10.5 Å². The molecule has 1 unspecified atom stereocenters. The summed E-state index contributed by atoms with van der Waals surface area (Å²) >= 11 is 1.17. The summed E-state index contributed by atoms with van der Waals surface area (Å²) in [7, 11) is 0. The average molecular weight is 299 g/mol. The molecular weight excluding hydrogens is 286 g/mol. The van der Waals surface area contributed by atoms with Crippen molar-refractivity contribution in [2.24, 2.45) is 0 Å². The van der Waals surface area contributed by atoms with Crippen LogP contribution in [0.5, 0.6) is 0 Å². The fourth-order valence-electron chi connectivity index (χ4n) is 3.19. The first-order valence-electron chi connectivity index (χ1n) is 6.80. The zero-order chi connectivity index (χ0) is 14.6. The van der Waals surface area contributed by atoms with E-state index in [1.54, 1.807) is 6.07 Å². The van der Waals surface area contributed by atoms with Crippen molar-refractivity contribution in [1.29, 1.82) is 0 Å². The number of aryl methyl sites for hydroxylation is 2. The third kappa shape index (κ3) is 1.59. The predicted octanol–water partition coefficient (Wildman–Crippen LogP) is 2.35. The van der Waals surface area contributed by atoms with Gasteiger partial charge in [-0.05, 0) is 48.5 Å². The Morgan fingerprint density at radius 3 is 2.90 bits per heavy atom. The number of carbonyl (C=O) groups is 2. The molecule has 0 bridgehead atoms. The molecule has 21 heavy (non-hydrogen) atoms. The Morgan fingerprint density at radius 1 is 1.33 bits per heavy atom. The topological polar surface area (TPSA) is 62.3 Å². The highest BCUT2D eigenvalue weighted by atomic mass is 32.1. The summed E-state index contributed by atoms with van der Waals surface area (Å²) in [4.78, 5) is 26.5. The molecule has 6 heteroatoms. The highest BCUT2D eigenvalue weighted by molar-refractivity contribution is 7.10. The van der Waals surface area contributed by atoms with Gasteiger partial charge in [-0.2, -0.15) is 4.37 Å². The molecule has 1 aliphatic carbocycles. The van der Waals surface area contributed by atoms with E-state index in [0.717, 1.165) is 23.2 Å². The van der Waals surface area contributed by atoms with Crippen LogP contribution in [0.2, 0.25) is 0 Å². The molecule has 1 spiro atoms. The first kappa shape index (κ1) is 12.5. The van der Waals surface area contributed by atoms with Gasteiger partial charge in [-0.15, -0.1) is 0 Å². The SMILES string of the molecule is Cc1cc(N2C(=O)NC3(CCc4ccccc43)C2=O)sn1. The Balaban J connectivity index is 1.81. The lowest BCUT2D eigenvalue weighted by Gasteiger charge is -2.21. The van der Waals surface area contributed by atoms with Crippen LogP contribution >= 0.6 is 11.5 Å². The van der Waals surface area contributed by atoms with Gasteiger partial charge in [0, 0.05) is 0 Å². The molecule has 2 heterocycles. The highest BCUT2D eigenvalue weighted by Crippen LogP contribution is 2.43. The smallest absolute Gasteiger partial charge is 0.319 e. The van der Waals surface area contributed by atoms with Crippen LogP contribution in [0.15, 0.2) is 30.3 Å². The Bertz CT molecular complexity index is 770. The normalized spacial score (nSPS) is 23.8. The number of imide groups is 1. The Morgan fingerprint density at radius 2 is 2.14 bits per heavy atom. The second-order valence-corrected chi connectivity index (χ2v) is 6.22. The van der Waals surface area contributed by atoms with Crippen LogP contribution in [-0.4, -0.2) is 16.3 Å². The Kier molecular flexibility index (Phi) is 2.47. The molecule has 106 valence electrons. The lowest BCUT2D eigenvalue weighted by Crippen LogP contribution is -2.41. The van der Waals surface area contributed by atoms with Crippen molar-refractivity contribution in [2.45, 2.75) is 25.3 Å². The summed E-state index contributed by atoms with van der Waals surface area (Å²) in [5, 5.41) is 3.49. The maximum absolute atomic E-state index is 12.9. The van der Waals surface area contributed by atoms with E-state index in [1.807, 2.05) is 31.2 Å². The maximum atomic E-state index is 12.9. The maximum Gasteiger partial charge on any atom is 0.330 e. The number of hydrogen-bond acceptors (Lipinski definition) is 4. The number of amides is 3. The van der Waals surface area contributed by atoms with Gasteiger partial charge in [0.05, 0.1) is 5.69 Å². The van der Waals surface area contributed by atoms with Crippen molar-refractivity contribution in [3.05, 3.63) is 47.2 Å². The quantitative estimate of drug-likeness (QED) is 0.822. The summed E-state index contributed by atoms with van der Waals surface area (Å²) in [6.45, 7) is 1.85. The van der Waals surface area contributed by atoms with Crippen molar-refractivity contribution in [3.63, 3.8) is 0 Å². The molecule has 2 aromatic rings. The molecular formula is C15H13N3O2S. The number of hydrogen-bond donors (Lipinski definition) is 1. The number of anilines is 1. The van der Waals surface area contributed by atoms with Crippen LogP contribution in [0, 0.1) is 6.92 Å². The van der Waals surface area contributed by atoms with Gasteiger partial charge >= 0.3 is 6.03 Å². The zero-order valence-corrected chi connectivity index (χ0v) is 12.2. The van der Waals surface area contributed by atoms with E-state index in [-0.39, 0.29) is 11.9 Å². The van der Waals surface area contributed by atoms with E-state index >= 15 is 0 Å². The second-order valence-electron chi connectivity index (χ2n) is 5.44. The molecule has 3 amide bonds. The van der Waals surface area contributed by atoms with Crippen molar-refractivity contribution >= 4 is 28.5 Å². The van der Waals surface area contributed by atoms with Gasteiger partial charge in [0.25, 0.3) is 5.91 Å². The zero-order valence-electron chi connectivity index (χ0n) is 11.4. The molecule has 0 saturated carbocycles. The lowest BCUT2D eigenvalue weighted by molar-refractivity contribution is -0.122. The number of rotatable bonds is 1. The first-order valence-corrected chi connectivity index (χ1v) is 7.57. The minimum absolute atomic E-state index is 0.193. The number of benzene rings is 1. The van der Waals surface area contributed by atoms with Gasteiger partial charge in [0.15, 0.2) is 0 Å². The van der Waals surface area contributed by atoms with Crippen molar-refractivity contribution in [3.8, 4) is 0 Å². The molecule has 1 aromatic carbocycles. The van der Waals surface area contributed by atoms with Crippen LogP contribution in [0.1, 0.15) is 23.2 Å². The third-order valence-electron chi connectivity index (χ3n) is 4.17. The predicted molar refractivity (Wildman–Crippen MR) is 79.3 cm³/mol. The third-order valence-corrected chi connectivity index (χ3v) is 5.04. The van der Waals surface area contributed by atoms with Crippen molar-refractivity contribution in [1.82, 2.24) is 9.69 Å². The summed E-state index contributed by atoms with van der Waals surface area (Å²) in [5.74, 6) is -0.193. The largest absolute Gasteiger partial charge is 0.330 e. The fraction of sp³-hybridized carbons (Fsp3) is 0.267. The van der Waals surface area contributed by atoms with Crippen LogP contribution in [0.25, 0.3) is 0 Å². The van der Waals surface area contributed by atoms with Gasteiger partial charge < -0.3 is 5.32 Å². The van der Waals surface area contributed by atoms with Crippen LogP contribution in [-0.2, 0) is 16.8 Å². The van der Waals surface area contributed by atoms with Crippen LogP contribution in [0.3, 0.4) is 0 Å². The molecule has 1 aromatic heterocycles. The van der Waals surface area contributed by atoms with E-state index in [2.05, 4.69) is 9.69 Å². The molecule has 2 aliphatic rings. The van der Waals surface area contributed by atoms with Gasteiger partial charge in [-0.3, -0.25) is 4.79 Å². The summed E-state index contributed by atoms with van der Waals surface area (Å²) in [6, 6.07) is 9.22. The van der Waals surface area contributed by atoms with E-state index in [9.17, 15) is 9.59 Å². The summed E-state index contributed by atoms with van der Waals surface area (Å²) in [5.41, 5.74) is 1.97. The number of carbonyl (C=O) groups excluding carboxylic acids is 2. The molecule has 4 rings (SSSR count). The number of fused-ring (bicyclic) bond motifs is 2. The van der Waals surface area contributed by atoms with Crippen molar-refractivity contribution in [2.75, 3.05) is 4.90 Å². The fourth-order valence-corrected chi connectivity index (χ4v) is 3.96. The monoisotopic (exact) mass is 299 g/mol. The summed E-state index contributed by atoms with van der Waals surface area (Å²) < 4.78 is 4.16. The average Bonchev–Trinajstić information content (AvgIpc) is 3.11. The van der Waals surface area contributed by atoms with E-state index < -0.39 is 5.54 Å². The minimum atomic E-state index is -0.897. The molecule has 5 nitrogen and oxygen atoms in total. The number of urea groups is 1. The van der Waals surface area contributed by atoms with Crippen LogP contribution < -0.4 is 10.2 Å². The number of nitrogens with one attached hydrogen (secondary N) is 1. The number of aromatic nitrogens is 1. The lowest BCUT2D eigenvalue weighted by atomic mass is 9.92. The molecule has 1 fully saturated rings. The summed E-state index contributed by atoms with van der Waals surface area (Å²) in [6.07, 6.45) is 1.42. The molecule has 0 radical (unpaired) electrons. The molecule has 1 N–H and O–H groups in total.